The first-order chi connectivity index (χ1) is 13.1. The van der Waals surface area contributed by atoms with Crippen molar-refractivity contribution in [2.45, 2.75) is 19.9 Å². The molecule has 0 saturated carbocycles. The Hall–Kier alpha value is -3.54. The summed E-state index contributed by atoms with van der Waals surface area (Å²) in [6, 6.07) is 9.83. The molecule has 134 valence electrons. The van der Waals surface area contributed by atoms with Crippen LogP contribution in [-0.4, -0.2) is 25.3 Å². The molecular weight excluding hydrogens is 338 g/mol. The number of benzene rings is 1. The maximum Gasteiger partial charge on any atom is 0.253 e. The van der Waals surface area contributed by atoms with Gasteiger partial charge < -0.3 is 9.72 Å². The zero-order chi connectivity index (χ0) is 18.8. The van der Waals surface area contributed by atoms with Crippen LogP contribution in [0.5, 0.6) is 0 Å². The lowest BCUT2D eigenvalue weighted by Crippen LogP contribution is -2.27. The monoisotopic (exact) mass is 357 g/mol. The minimum atomic E-state index is -0.243. The summed E-state index contributed by atoms with van der Waals surface area (Å²) in [7, 11) is 0. The first-order valence-electron chi connectivity index (χ1n) is 8.72. The highest BCUT2D eigenvalue weighted by atomic mass is 16.1. The van der Waals surface area contributed by atoms with Gasteiger partial charge in [0.2, 0.25) is 0 Å². The first-order valence-corrected chi connectivity index (χ1v) is 8.72. The molecule has 27 heavy (non-hydrogen) atoms. The van der Waals surface area contributed by atoms with Gasteiger partial charge in [0, 0.05) is 36.5 Å². The summed E-state index contributed by atoms with van der Waals surface area (Å²) in [5.41, 5.74) is 5.22. The Morgan fingerprint density at radius 3 is 2.67 bits per heavy atom. The normalized spacial score (nSPS) is 12.1. The number of amides is 1. The highest BCUT2D eigenvalue weighted by Crippen LogP contribution is 2.26. The third-order valence-electron chi connectivity index (χ3n) is 4.49. The zero-order valence-electron chi connectivity index (χ0n) is 15.1. The fourth-order valence-electron chi connectivity index (χ4n) is 2.99. The van der Waals surface area contributed by atoms with Crippen molar-refractivity contribution in [1.29, 1.82) is 0 Å². The van der Waals surface area contributed by atoms with Crippen LogP contribution in [0, 0.1) is 6.92 Å². The maximum absolute atomic E-state index is 12.8. The molecule has 6 heteroatoms. The molecular formula is C21H19N5O. The lowest BCUT2D eigenvalue weighted by molar-refractivity contribution is 0.0938. The van der Waals surface area contributed by atoms with E-state index < -0.39 is 0 Å². The second-order valence-electron chi connectivity index (χ2n) is 6.49. The molecule has 4 rings (SSSR count). The van der Waals surface area contributed by atoms with E-state index in [2.05, 4.69) is 32.4 Å². The SMILES string of the molecule is Cc1ccc(-c2cc(C(=O)N[C@H](C)c3cnccn3)cn3ccnc23)cc1. The summed E-state index contributed by atoms with van der Waals surface area (Å²) in [5.74, 6) is -0.169. The molecule has 0 saturated heterocycles. The van der Waals surface area contributed by atoms with Gasteiger partial charge in [0.15, 0.2) is 0 Å². The van der Waals surface area contributed by atoms with Gasteiger partial charge in [-0.05, 0) is 25.5 Å². The third-order valence-corrected chi connectivity index (χ3v) is 4.49. The number of aryl methyl sites for hydroxylation is 1. The lowest BCUT2D eigenvalue weighted by atomic mass is 10.0. The zero-order valence-corrected chi connectivity index (χ0v) is 15.1. The molecule has 1 aromatic carbocycles. The molecule has 0 unspecified atom stereocenters. The van der Waals surface area contributed by atoms with E-state index in [1.807, 2.05) is 42.6 Å². The highest BCUT2D eigenvalue weighted by Gasteiger charge is 2.16. The van der Waals surface area contributed by atoms with E-state index in [9.17, 15) is 4.79 Å². The van der Waals surface area contributed by atoms with E-state index in [-0.39, 0.29) is 11.9 Å². The van der Waals surface area contributed by atoms with Crippen LogP contribution in [0.2, 0.25) is 0 Å². The van der Waals surface area contributed by atoms with Crippen LogP contribution >= 0.6 is 0 Å². The molecule has 1 amide bonds. The van der Waals surface area contributed by atoms with Crippen molar-refractivity contribution in [3.05, 3.63) is 84.3 Å². The predicted molar refractivity (Wildman–Crippen MR) is 103 cm³/mol. The maximum atomic E-state index is 12.8. The number of imidazole rings is 1. The molecule has 1 atom stereocenters. The molecule has 0 radical (unpaired) electrons. The number of hydrogen-bond donors (Lipinski definition) is 1. The Kier molecular flexibility index (Phi) is 4.38. The number of fused-ring (bicyclic) bond motifs is 1. The van der Waals surface area contributed by atoms with Crippen molar-refractivity contribution in [2.24, 2.45) is 0 Å². The van der Waals surface area contributed by atoms with Crippen LogP contribution in [0.15, 0.2) is 67.5 Å². The summed E-state index contributed by atoms with van der Waals surface area (Å²) in [6.45, 7) is 3.94. The fraction of sp³-hybridized carbons (Fsp3) is 0.143. The van der Waals surface area contributed by atoms with Gasteiger partial charge in [-0.25, -0.2) is 4.98 Å². The van der Waals surface area contributed by atoms with Gasteiger partial charge in [0.1, 0.15) is 5.65 Å². The van der Waals surface area contributed by atoms with Crippen molar-refractivity contribution in [3.63, 3.8) is 0 Å². The number of hydrogen-bond acceptors (Lipinski definition) is 4. The Balaban J connectivity index is 1.70. The summed E-state index contributed by atoms with van der Waals surface area (Å²) >= 11 is 0. The molecule has 0 aliphatic rings. The van der Waals surface area contributed by atoms with Crippen molar-refractivity contribution < 1.29 is 4.79 Å². The predicted octanol–water partition coefficient (Wildman–Crippen LogP) is 3.59. The Bertz CT molecular complexity index is 1090. The third kappa shape index (κ3) is 3.42. The summed E-state index contributed by atoms with van der Waals surface area (Å²) < 4.78 is 1.87. The van der Waals surface area contributed by atoms with Gasteiger partial charge in [-0.15, -0.1) is 0 Å². The second kappa shape index (κ2) is 6.99. The smallest absolute Gasteiger partial charge is 0.253 e. The van der Waals surface area contributed by atoms with Gasteiger partial charge in [0.05, 0.1) is 23.5 Å². The summed E-state index contributed by atoms with van der Waals surface area (Å²) in [5, 5.41) is 2.98. The first kappa shape index (κ1) is 16.9. The Labute approximate surface area is 156 Å². The Morgan fingerprint density at radius 1 is 1.11 bits per heavy atom. The minimum Gasteiger partial charge on any atom is -0.344 e. The molecule has 4 aromatic rings. The fourth-order valence-corrected chi connectivity index (χ4v) is 2.99. The highest BCUT2D eigenvalue weighted by molar-refractivity contribution is 5.96. The summed E-state index contributed by atoms with van der Waals surface area (Å²) in [4.78, 5) is 25.6. The molecule has 1 N–H and O–H groups in total. The molecule has 0 fully saturated rings. The van der Waals surface area contributed by atoms with Gasteiger partial charge in [-0.3, -0.25) is 14.8 Å². The quantitative estimate of drug-likeness (QED) is 0.606. The van der Waals surface area contributed by atoms with Gasteiger partial charge in [-0.1, -0.05) is 29.8 Å². The van der Waals surface area contributed by atoms with E-state index in [1.54, 1.807) is 31.0 Å². The Morgan fingerprint density at radius 2 is 1.93 bits per heavy atom. The lowest BCUT2D eigenvalue weighted by Gasteiger charge is -2.14. The van der Waals surface area contributed by atoms with Gasteiger partial charge in [-0.2, -0.15) is 0 Å². The molecule has 0 spiro atoms. The number of pyridine rings is 1. The van der Waals surface area contributed by atoms with E-state index in [4.69, 9.17) is 0 Å². The van der Waals surface area contributed by atoms with E-state index in [1.165, 1.54) is 5.56 Å². The van der Waals surface area contributed by atoms with Crippen LogP contribution in [0.4, 0.5) is 0 Å². The average Bonchev–Trinajstić information content (AvgIpc) is 3.17. The number of rotatable bonds is 4. The summed E-state index contributed by atoms with van der Waals surface area (Å²) in [6.07, 6.45) is 10.2. The average molecular weight is 357 g/mol. The minimum absolute atomic E-state index is 0.169. The van der Waals surface area contributed by atoms with Crippen LogP contribution < -0.4 is 5.32 Å². The number of aromatic nitrogens is 4. The van der Waals surface area contributed by atoms with Crippen molar-refractivity contribution in [3.8, 4) is 11.1 Å². The molecule has 6 nitrogen and oxygen atoms in total. The molecule has 3 aromatic heterocycles. The van der Waals surface area contributed by atoms with Crippen LogP contribution in [0.3, 0.4) is 0 Å². The molecule has 0 bridgehead atoms. The van der Waals surface area contributed by atoms with Gasteiger partial charge >= 0.3 is 0 Å². The topological polar surface area (TPSA) is 72.2 Å². The number of nitrogens with one attached hydrogen (secondary N) is 1. The second-order valence-corrected chi connectivity index (χ2v) is 6.49. The molecule has 0 aliphatic heterocycles. The van der Waals surface area contributed by atoms with Crippen molar-refractivity contribution in [1.82, 2.24) is 24.7 Å². The van der Waals surface area contributed by atoms with E-state index in [0.29, 0.717) is 11.3 Å². The molecule has 0 aliphatic carbocycles. The standard InChI is InChI=1S/C21H19N5O/c1-14-3-5-16(6-4-14)18-11-17(13-26-10-9-24-20(18)26)21(27)25-15(2)19-12-22-7-8-23-19/h3-13,15H,1-2H3,(H,25,27)/t15-/m1/s1. The van der Waals surface area contributed by atoms with Gasteiger partial charge in [0.25, 0.3) is 5.91 Å². The number of nitrogens with zero attached hydrogens (tertiary/aromatic N) is 4. The van der Waals surface area contributed by atoms with Crippen LogP contribution in [-0.2, 0) is 0 Å². The van der Waals surface area contributed by atoms with E-state index >= 15 is 0 Å². The van der Waals surface area contributed by atoms with Crippen LogP contribution in [0.25, 0.3) is 16.8 Å². The van der Waals surface area contributed by atoms with Crippen molar-refractivity contribution >= 4 is 11.6 Å². The van der Waals surface area contributed by atoms with Crippen molar-refractivity contribution in [2.75, 3.05) is 0 Å². The molecule has 3 heterocycles. The van der Waals surface area contributed by atoms with E-state index in [0.717, 1.165) is 16.8 Å². The largest absolute Gasteiger partial charge is 0.344 e. The number of carbonyl (C=O) groups is 1. The number of carbonyl (C=O) groups excluding carboxylic acids is 1. The van der Waals surface area contributed by atoms with Crippen LogP contribution in [0.1, 0.15) is 34.6 Å².